The number of aromatic nitrogens is 3. The number of anilines is 1. The molecule has 0 saturated carbocycles. The maximum absolute atomic E-state index is 5.87. The van der Waals surface area contributed by atoms with Crippen LogP contribution in [0.4, 0.5) is 5.69 Å². The Morgan fingerprint density at radius 3 is 2.65 bits per heavy atom. The van der Waals surface area contributed by atoms with E-state index in [9.17, 15) is 0 Å². The molecule has 0 unspecified atom stereocenters. The van der Waals surface area contributed by atoms with Gasteiger partial charge in [-0.1, -0.05) is 34.1 Å². The predicted molar refractivity (Wildman–Crippen MR) is 80.0 cm³/mol. The van der Waals surface area contributed by atoms with Crippen LogP contribution in [0.15, 0.2) is 59.3 Å². The molecule has 0 fully saturated rings. The van der Waals surface area contributed by atoms with Gasteiger partial charge in [0, 0.05) is 4.47 Å². The maximum atomic E-state index is 5.87. The third-order valence-electron chi connectivity index (χ3n) is 2.66. The zero-order valence-electron chi connectivity index (χ0n) is 10.4. The van der Waals surface area contributed by atoms with Gasteiger partial charge in [-0.3, -0.25) is 0 Å². The summed E-state index contributed by atoms with van der Waals surface area (Å²) in [6.07, 6.45) is 1.60. The van der Waals surface area contributed by atoms with Crippen LogP contribution in [0.5, 0.6) is 11.8 Å². The smallest absolute Gasteiger partial charge is 0.341 e. The number of ether oxygens (including phenoxy) is 1. The number of nitrogens with zero attached hydrogens (tertiary/aromatic N) is 3. The standard InChI is InChI=1S/C14H11BrN4O/c15-10-6-7-13(12(16)8-10)20-14-17-9-19(18-14)11-4-2-1-3-5-11/h1-9H,16H2. The molecule has 0 saturated heterocycles. The molecule has 20 heavy (non-hydrogen) atoms. The van der Waals surface area contributed by atoms with Gasteiger partial charge in [0.2, 0.25) is 0 Å². The zero-order chi connectivity index (χ0) is 13.9. The summed E-state index contributed by atoms with van der Waals surface area (Å²) in [5, 5.41) is 4.26. The molecule has 2 N–H and O–H groups in total. The van der Waals surface area contributed by atoms with Gasteiger partial charge in [0.25, 0.3) is 0 Å². The van der Waals surface area contributed by atoms with E-state index in [4.69, 9.17) is 10.5 Å². The van der Waals surface area contributed by atoms with Gasteiger partial charge in [-0.05, 0) is 30.3 Å². The second-order valence-corrected chi connectivity index (χ2v) is 5.01. The van der Waals surface area contributed by atoms with E-state index in [1.165, 1.54) is 0 Å². The molecule has 100 valence electrons. The van der Waals surface area contributed by atoms with Crippen LogP contribution < -0.4 is 10.5 Å². The fourth-order valence-corrected chi connectivity index (χ4v) is 2.09. The van der Waals surface area contributed by atoms with Gasteiger partial charge in [0.1, 0.15) is 6.33 Å². The molecule has 0 radical (unpaired) electrons. The van der Waals surface area contributed by atoms with Crippen LogP contribution >= 0.6 is 15.9 Å². The topological polar surface area (TPSA) is 66.0 Å². The van der Waals surface area contributed by atoms with E-state index in [1.807, 2.05) is 36.4 Å². The van der Waals surface area contributed by atoms with Crippen LogP contribution in [-0.2, 0) is 0 Å². The van der Waals surface area contributed by atoms with Crippen molar-refractivity contribution in [3.05, 3.63) is 59.3 Å². The average molecular weight is 331 g/mol. The van der Waals surface area contributed by atoms with E-state index in [2.05, 4.69) is 26.0 Å². The van der Waals surface area contributed by atoms with Gasteiger partial charge in [-0.15, -0.1) is 5.10 Å². The molecule has 6 heteroatoms. The lowest BCUT2D eigenvalue weighted by atomic mass is 10.3. The van der Waals surface area contributed by atoms with Gasteiger partial charge < -0.3 is 10.5 Å². The number of hydrogen-bond acceptors (Lipinski definition) is 4. The summed E-state index contributed by atoms with van der Waals surface area (Å²) >= 11 is 3.35. The fraction of sp³-hybridized carbons (Fsp3) is 0. The Morgan fingerprint density at radius 1 is 1.10 bits per heavy atom. The summed E-state index contributed by atoms with van der Waals surface area (Å²) in [7, 11) is 0. The van der Waals surface area contributed by atoms with Crippen molar-refractivity contribution < 1.29 is 4.74 Å². The Hall–Kier alpha value is -2.34. The molecule has 3 rings (SSSR count). The van der Waals surface area contributed by atoms with Gasteiger partial charge >= 0.3 is 6.01 Å². The first-order valence-corrected chi connectivity index (χ1v) is 6.71. The lowest BCUT2D eigenvalue weighted by Gasteiger charge is -2.04. The highest BCUT2D eigenvalue weighted by molar-refractivity contribution is 9.10. The monoisotopic (exact) mass is 330 g/mol. The molecule has 1 heterocycles. The summed E-state index contributed by atoms with van der Waals surface area (Å²) in [5.41, 5.74) is 7.31. The van der Waals surface area contributed by atoms with E-state index < -0.39 is 0 Å². The Bertz CT molecular complexity index is 727. The third-order valence-corrected chi connectivity index (χ3v) is 3.16. The van der Waals surface area contributed by atoms with Crippen LogP contribution in [0.2, 0.25) is 0 Å². The summed E-state index contributed by atoms with van der Waals surface area (Å²) in [6, 6.07) is 15.3. The van der Waals surface area contributed by atoms with E-state index in [0.717, 1.165) is 10.2 Å². The van der Waals surface area contributed by atoms with Crippen LogP contribution in [0, 0.1) is 0 Å². The van der Waals surface area contributed by atoms with Crippen LogP contribution in [-0.4, -0.2) is 14.8 Å². The highest BCUT2D eigenvalue weighted by Crippen LogP contribution is 2.28. The Kier molecular flexibility index (Phi) is 3.39. The van der Waals surface area contributed by atoms with E-state index in [0.29, 0.717) is 11.4 Å². The first-order chi connectivity index (χ1) is 9.72. The molecule has 2 aromatic carbocycles. The highest BCUT2D eigenvalue weighted by atomic mass is 79.9. The largest absolute Gasteiger partial charge is 0.421 e. The lowest BCUT2D eigenvalue weighted by molar-refractivity contribution is 0.443. The summed E-state index contributed by atoms with van der Waals surface area (Å²) < 4.78 is 8.11. The van der Waals surface area contributed by atoms with Crippen molar-refractivity contribution in [2.75, 3.05) is 5.73 Å². The quantitative estimate of drug-likeness (QED) is 0.747. The van der Waals surface area contributed by atoms with Crippen molar-refractivity contribution in [1.29, 1.82) is 0 Å². The molecule has 0 spiro atoms. The molecule has 0 amide bonds. The van der Waals surface area contributed by atoms with Crippen LogP contribution in [0.25, 0.3) is 5.69 Å². The fourth-order valence-electron chi connectivity index (χ4n) is 1.71. The molecule has 5 nitrogen and oxygen atoms in total. The first kappa shape index (κ1) is 12.7. The van der Waals surface area contributed by atoms with Crippen molar-refractivity contribution >= 4 is 21.6 Å². The number of nitrogens with two attached hydrogens (primary N) is 1. The Balaban J connectivity index is 1.84. The number of para-hydroxylation sites is 1. The minimum Gasteiger partial charge on any atom is -0.421 e. The van der Waals surface area contributed by atoms with Crippen LogP contribution in [0.1, 0.15) is 0 Å². The van der Waals surface area contributed by atoms with Gasteiger partial charge in [0.05, 0.1) is 11.4 Å². The molecule has 3 aromatic rings. The molecule has 0 aliphatic carbocycles. The summed E-state index contributed by atoms with van der Waals surface area (Å²) in [5.74, 6) is 0.527. The lowest BCUT2D eigenvalue weighted by Crippen LogP contribution is -1.96. The van der Waals surface area contributed by atoms with Crippen molar-refractivity contribution in [1.82, 2.24) is 14.8 Å². The third kappa shape index (κ3) is 2.65. The van der Waals surface area contributed by atoms with E-state index in [-0.39, 0.29) is 6.01 Å². The molecule has 1 aromatic heterocycles. The molecular formula is C14H11BrN4O. The molecule has 0 aliphatic heterocycles. The minimum atomic E-state index is 0.253. The zero-order valence-corrected chi connectivity index (χ0v) is 12.0. The molecule has 0 bridgehead atoms. The number of rotatable bonds is 3. The predicted octanol–water partition coefficient (Wildman–Crippen LogP) is 3.40. The SMILES string of the molecule is Nc1cc(Br)ccc1Oc1ncn(-c2ccccc2)n1. The van der Waals surface area contributed by atoms with Gasteiger partial charge in [0.15, 0.2) is 5.75 Å². The Morgan fingerprint density at radius 2 is 1.90 bits per heavy atom. The summed E-state index contributed by atoms with van der Waals surface area (Å²) in [6.45, 7) is 0. The Labute approximate surface area is 124 Å². The van der Waals surface area contributed by atoms with Gasteiger partial charge in [-0.2, -0.15) is 4.98 Å². The van der Waals surface area contributed by atoms with Crippen molar-refractivity contribution in [3.63, 3.8) is 0 Å². The van der Waals surface area contributed by atoms with Crippen LogP contribution in [0.3, 0.4) is 0 Å². The van der Waals surface area contributed by atoms with E-state index in [1.54, 1.807) is 23.1 Å². The summed E-state index contributed by atoms with van der Waals surface area (Å²) in [4.78, 5) is 4.11. The number of hydrogen-bond donors (Lipinski definition) is 1. The minimum absolute atomic E-state index is 0.253. The second kappa shape index (κ2) is 5.34. The molecule has 0 atom stereocenters. The number of benzene rings is 2. The van der Waals surface area contributed by atoms with Gasteiger partial charge in [-0.25, -0.2) is 4.68 Å². The van der Waals surface area contributed by atoms with E-state index >= 15 is 0 Å². The number of halogens is 1. The first-order valence-electron chi connectivity index (χ1n) is 5.92. The highest BCUT2D eigenvalue weighted by Gasteiger charge is 2.07. The van der Waals surface area contributed by atoms with Crippen molar-refractivity contribution in [2.45, 2.75) is 0 Å². The second-order valence-electron chi connectivity index (χ2n) is 4.09. The molecule has 0 aliphatic rings. The van der Waals surface area contributed by atoms with Crippen molar-refractivity contribution in [3.8, 4) is 17.4 Å². The number of nitrogen functional groups attached to an aromatic ring is 1. The molecular weight excluding hydrogens is 320 g/mol. The normalized spacial score (nSPS) is 10.4. The van der Waals surface area contributed by atoms with Crippen molar-refractivity contribution in [2.24, 2.45) is 0 Å². The average Bonchev–Trinajstić information content (AvgIpc) is 2.92. The maximum Gasteiger partial charge on any atom is 0.341 e.